The number of amides is 1. The van der Waals surface area contributed by atoms with E-state index in [0.717, 1.165) is 25.9 Å². The van der Waals surface area contributed by atoms with Gasteiger partial charge in [-0.15, -0.1) is 5.10 Å². The Kier molecular flexibility index (Phi) is 5.84. The van der Waals surface area contributed by atoms with Crippen molar-refractivity contribution < 1.29 is 9.59 Å². The summed E-state index contributed by atoms with van der Waals surface area (Å²) in [6.45, 7) is 5.59. The lowest BCUT2D eigenvalue weighted by molar-refractivity contribution is -0.130. The highest BCUT2D eigenvalue weighted by Crippen LogP contribution is 2.24. The monoisotopic (exact) mass is 322 g/mol. The van der Waals surface area contributed by atoms with Crippen LogP contribution < -0.4 is 16.8 Å². The van der Waals surface area contributed by atoms with E-state index >= 15 is 0 Å². The molecule has 1 aromatic rings. The molecule has 0 bridgehead atoms. The number of ketones is 1. The molecule has 0 unspecified atom stereocenters. The molecule has 8 nitrogen and oxygen atoms in total. The fourth-order valence-corrected chi connectivity index (χ4v) is 2.83. The number of carbonyl (C=O) groups excluding carboxylic acids is 2. The number of nitrogens with two attached hydrogens (primary N) is 2. The number of hydrogen-bond donors (Lipinski definition) is 3. The van der Waals surface area contributed by atoms with Crippen LogP contribution in [0.25, 0.3) is 0 Å². The van der Waals surface area contributed by atoms with E-state index in [1.54, 1.807) is 6.20 Å². The Morgan fingerprint density at radius 2 is 2.04 bits per heavy atom. The summed E-state index contributed by atoms with van der Waals surface area (Å²) in [6.07, 6.45) is 3.13. The molecule has 0 aromatic carbocycles. The zero-order chi connectivity index (χ0) is 17.0. The van der Waals surface area contributed by atoms with Crippen LogP contribution in [0.4, 0.5) is 0 Å². The lowest BCUT2D eigenvalue weighted by Gasteiger charge is -2.25. The summed E-state index contributed by atoms with van der Waals surface area (Å²) in [5.74, 6) is -0.399. The number of aromatic nitrogens is 3. The molecule has 1 aliphatic rings. The quantitative estimate of drug-likeness (QED) is 0.644. The van der Waals surface area contributed by atoms with Gasteiger partial charge >= 0.3 is 0 Å². The first-order chi connectivity index (χ1) is 10.9. The zero-order valence-corrected chi connectivity index (χ0v) is 13.7. The van der Waals surface area contributed by atoms with Gasteiger partial charge in [0.05, 0.1) is 24.4 Å². The second-order valence-electron chi connectivity index (χ2n) is 6.51. The standard InChI is InChI=1S/C15H26N6O2/c1-9(2)14(17)11-8-21(20-19-11)12(7-13(16)22)15(23)10-3-5-18-6-4-10/h8-10,12,14,18H,3-7,17H2,1-2H3,(H2,16,22)/t12-,14-/m0/s1. The summed E-state index contributed by atoms with van der Waals surface area (Å²) in [6, 6.07) is -0.955. The molecule has 1 aromatic heterocycles. The van der Waals surface area contributed by atoms with Crippen molar-refractivity contribution in [3.63, 3.8) is 0 Å². The SMILES string of the molecule is CC(C)[C@H](N)c1cn([C@@H](CC(N)=O)C(=O)C2CCNCC2)nn1. The van der Waals surface area contributed by atoms with Gasteiger partial charge in [-0.1, -0.05) is 19.1 Å². The van der Waals surface area contributed by atoms with Crippen LogP contribution >= 0.6 is 0 Å². The Labute approximate surface area is 136 Å². The first-order valence-corrected chi connectivity index (χ1v) is 8.10. The summed E-state index contributed by atoms with van der Waals surface area (Å²) in [5.41, 5.74) is 12.0. The predicted octanol–water partition coefficient (Wildman–Crippen LogP) is -0.0809. The van der Waals surface area contributed by atoms with E-state index < -0.39 is 11.9 Å². The van der Waals surface area contributed by atoms with Gasteiger partial charge < -0.3 is 16.8 Å². The molecule has 0 spiro atoms. The van der Waals surface area contributed by atoms with E-state index in [2.05, 4.69) is 15.6 Å². The molecule has 0 radical (unpaired) electrons. The number of piperidine rings is 1. The van der Waals surface area contributed by atoms with Gasteiger partial charge in [-0.25, -0.2) is 4.68 Å². The lowest BCUT2D eigenvalue weighted by Crippen LogP contribution is -2.37. The van der Waals surface area contributed by atoms with Crippen LogP contribution in [0.1, 0.15) is 50.9 Å². The van der Waals surface area contributed by atoms with Crippen molar-refractivity contribution in [1.82, 2.24) is 20.3 Å². The highest BCUT2D eigenvalue weighted by Gasteiger charge is 2.31. The number of rotatable bonds is 7. The van der Waals surface area contributed by atoms with Gasteiger partial charge in [0.1, 0.15) is 6.04 Å². The fourth-order valence-electron chi connectivity index (χ4n) is 2.83. The molecule has 2 rings (SSSR count). The Balaban J connectivity index is 2.20. The molecule has 1 saturated heterocycles. The van der Waals surface area contributed by atoms with Crippen molar-refractivity contribution in [3.8, 4) is 0 Å². The van der Waals surface area contributed by atoms with Gasteiger partial charge in [-0.2, -0.15) is 0 Å². The molecule has 1 aliphatic heterocycles. The minimum atomic E-state index is -0.698. The summed E-state index contributed by atoms with van der Waals surface area (Å²) in [5, 5.41) is 11.3. The van der Waals surface area contributed by atoms with Crippen molar-refractivity contribution in [2.24, 2.45) is 23.3 Å². The van der Waals surface area contributed by atoms with Crippen LogP contribution in [-0.4, -0.2) is 39.8 Å². The fraction of sp³-hybridized carbons (Fsp3) is 0.733. The van der Waals surface area contributed by atoms with Crippen LogP contribution in [-0.2, 0) is 9.59 Å². The number of nitrogens with one attached hydrogen (secondary N) is 1. The highest BCUT2D eigenvalue weighted by molar-refractivity contribution is 5.89. The molecule has 2 heterocycles. The number of primary amides is 1. The molecule has 5 N–H and O–H groups in total. The summed E-state index contributed by atoms with van der Waals surface area (Å²) < 4.78 is 1.45. The average molecular weight is 322 g/mol. The Hall–Kier alpha value is -1.80. The van der Waals surface area contributed by atoms with Crippen LogP contribution in [0.15, 0.2) is 6.20 Å². The molecule has 2 atom stereocenters. The van der Waals surface area contributed by atoms with Crippen molar-refractivity contribution >= 4 is 11.7 Å². The predicted molar refractivity (Wildman–Crippen MR) is 85.2 cm³/mol. The van der Waals surface area contributed by atoms with Gasteiger partial charge in [0.15, 0.2) is 5.78 Å². The highest BCUT2D eigenvalue weighted by atomic mass is 16.1. The molecule has 23 heavy (non-hydrogen) atoms. The molecular weight excluding hydrogens is 296 g/mol. The second-order valence-corrected chi connectivity index (χ2v) is 6.51. The molecule has 8 heteroatoms. The number of carbonyl (C=O) groups is 2. The minimum Gasteiger partial charge on any atom is -0.370 e. The smallest absolute Gasteiger partial charge is 0.220 e. The van der Waals surface area contributed by atoms with Crippen molar-refractivity contribution in [2.75, 3.05) is 13.1 Å². The largest absolute Gasteiger partial charge is 0.370 e. The van der Waals surface area contributed by atoms with E-state index in [9.17, 15) is 9.59 Å². The van der Waals surface area contributed by atoms with Gasteiger partial charge in [0.25, 0.3) is 0 Å². The third-order valence-corrected chi connectivity index (χ3v) is 4.37. The van der Waals surface area contributed by atoms with Gasteiger partial charge in [-0.3, -0.25) is 9.59 Å². The second kappa shape index (κ2) is 7.65. The van der Waals surface area contributed by atoms with Crippen molar-refractivity contribution in [3.05, 3.63) is 11.9 Å². The summed E-state index contributed by atoms with van der Waals surface area (Å²) in [7, 11) is 0. The molecule has 1 amide bonds. The molecule has 0 saturated carbocycles. The van der Waals surface area contributed by atoms with E-state index in [4.69, 9.17) is 11.5 Å². The summed E-state index contributed by atoms with van der Waals surface area (Å²) >= 11 is 0. The molecular formula is C15H26N6O2. The maximum absolute atomic E-state index is 12.8. The van der Waals surface area contributed by atoms with Gasteiger partial charge in [0, 0.05) is 5.92 Å². The minimum absolute atomic E-state index is 0.000122. The maximum atomic E-state index is 12.8. The van der Waals surface area contributed by atoms with Crippen LogP contribution in [0.3, 0.4) is 0 Å². The van der Waals surface area contributed by atoms with Crippen LogP contribution in [0.2, 0.25) is 0 Å². The first-order valence-electron chi connectivity index (χ1n) is 8.10. The average Bonchev–Trinajstić information content (AvgIpc) is 3.01. The zero-order valence-electron chi connectivity index (χ0n) is 13.7. The third kappa shape index (κ3) is 4.35. The van der Waals surface area contributed by atoms with E-state index in [-0.39, 0.29) is 30.1 Å². The number of nitrogens with zero attached hydrogens (tertiary/aromatic N) is 3. The molecule has 128 valence electrons. The van der Waals surface area contributed by atoms with Gasteiger partial charge in [0.2, 0.25) is 5.91 Å². The topological polar surface area (TPSA) is 129 Å². The Morgan fingerprint density at radius 3 is 2.61 bits per heavy atom. The number of Topliss-reactive ketones (excluding diaryl/α,β-unsaturated/α-hetero) is 1. The van der Waals surface area contributed by atoms with Gasteiger partial charge in [-0.05, 0) is 31.8 Å². The Morgan fingerprint density at radius 1 is 1.39 bits per heavy atom. The van der Waals surface area contributed by atoms with Crippen LogP contribution in [0, 0.1) is 11.8 Å². The van der Waals surface area contributed by atoms with E-state index in [0.29, 0.717) is 5.69 Å². The number of hydrogen-bond acceptors (Lipinski definition) is 6. The third-order valence-electron chi connectivity index (χ3n) is 4.37. The van der Waals surface area contributed by atoms with Crippen molar-refractivity contribution in [2.45, 2.75) is 45.2 Å². The summed E-state index contributed by atoms with van der Waals surface area (Å²) in [4.78, 5) is 24.2. The first kappa shape index (κ1) is 17.6. The van der Waals surface area contributed by atoms with Crippen LogP contribution in [0.5, 0.6) is 0 Å². The van der Waals surface area contributed by atoms with E-state index in [1.807, 2.05) is 13.8 Å². The maximum Gasteiger partial charge on any atom is 0.220 e. The molecule has 0 aliphatic carbocycles. The van der Waals surface area contributed by atoms with Crippen molar-refractivity contribution in [1.29, 1.82) is 0 Å². The lowest BCUT2D eigenvalue weighted by atomic mass is 9.88. The normalized spacial score (nSPS) is 18.8. The van der Waals surface area contributed by atoms with E-state index in [1.165, 1.54) is 4.68 Å². The Bertz CT molecular complexity index is 550. The molecule has 1 fully saturated rings.